The molecule has 0 aliphatic heterocycles. The van der Waals surface area contributed by atoms with Gasteiger partial charge in [0.2, 0.25) is 0 Å². The number of nitrogens with one attached hydrogen (secondary N) is 1. The van der Waals surface area contributed by atoms with Gasteiger partial charge >= 0.3 is 23.9 Å². The van der Waals surface area contributed by atoms with E-state index in [2.05, 4.69) is 24.1 Å². The predicted molar refractivity (Wildman–Crippen MR) is 134 cm³/mol. The van der Waals surface area contributed by atoms with Gasteiger partial charge in [0.1, 0.15) is 0 Å². The van der Waals surface area contributed by atoms with E-state index in [-0.39, 0.29) is 23.2 Å². The summed E-state index contributed by atoms with van der Waals surface area (Å²) in [5, 5.41) is 36.5. The fraction of sp³-hybridized carbons (Fsp3) is 0.565. The minimum absolute atomic E-state index is 0.101. The Morgan fingerprint density at radius 2 is 1.38 bits per heavy atom. The summed E-state index contributed by atoms with van der Waals surface area (Å²) in [6, 6.07) is 8.08. The molecule has 0 atom stereocenters. The highest BCUT2D eigenvalue weighted by molar-refractivity contribution is 7.91. The Hall–Kier alpha value is -3.23. The number of sulfone groups is 1. The molecule has 0 saturated carbocycles. The summed E-state index contributed by atoms with van der Waals surface area (Å²) in [6.07, 6.45) is -2.29. The van der Waals surface area contributed by atoms with Crippen LogP contribution in [0.5, 0.6) is 0 Å². The molecule has 14 heteroatoms. The maximum Gasteiger partial charge on any atom is 0.336 e. The average molecular weight is 548 g/mol. The van der Waals surface area contributed by atoms with Crippen molar-refractivity contribution >= 4 is 33.8 Å². The Morgan fingerprint density at radius 1 is 0.865 bits per heavy atom. The van der Waals surface area contributed by atoms with E-state index in [1.807, 2.05) is 6.92 Å². The van der Waals surface area contributed by atoms with Gasteiger partial charge in [0.05, 0.1) is 23.5 Å². The molecule has 0 unspecified atom stereocenters. The standard InChI is InChI=1S/C17H29N3O3S.C6H8O7/c1-4-19(5-2)13-14-20(6-3)17(21)18-12-15-24(22,23)16-10-8-7-9-11-16;7-3(8)1-6(13,5(11)12)2-4(9)10/h7-11H,4-6,12-15H2,1-3H3,(H,18,21);13H,1-2H2,(H,7,8)(H,9,10)(H,11,12). The van der Waals surface area contributed by atoms with Crippen molar-refractivity contribution in [3.05, 3.63) is 30.3 Å². The summed E-state index contributed by atoms with van der Waals surface area (Å²) in [6.45, 7) is 10.2. The van der Waals surface area contributed by atoms with Crippen molar-refractivity contribution in [2.24, 2.45) is 0 Å². The monoisotopic (exact) mass is 547 g/mol. The van der Waals surface area contributed by atoms with Crippen LogP contribution in [-0.4, -0.2) is 113 Å². The van der Waals surface area contributed by atoms with Gasteiger partial charge < -0.3 is 35.5 Å². The average Bonchev–Trinajstić information content (AvgIpc) is 2.81. The van der Waals surface area contributed by atoms with E-state index in [1.54, 1.807) is 35.2 Å². The van der Waals surface area contributed by atoms with Crippen LogP contribution in [-0.2, 0) is 24.2 Å². The molecule has 1 aromatic rings. The van der Waals surface area contributed by atoms with Crippen molar-refractivity contribution < 1.29 is 48.0 Å². The van der Waals surface area contributed by atoms with Gasteiger partial charge in [0, 0.05) is 26.2 Å². The highest BCUT2D eigenvalue weighted by atomic mass is 32.2. The van der Waals surface area contributed by atoms with Gasteiger partial charge in [-0.1, -0.05) is 32.0 Å². The molecular formula is C23H37N3O10S. The van der Waals surface area contributed by atoms with E-state index >= 15 is 0 Å². The number of carbonyl (C=O) groups is 4. The minimum atomic E-state index is -3.36. The Balaban J connectivity index is 0.000000845. The number of rotatable bonds is 15. The first-order chi connectivity index (χ1) is 17.2. The van der Waals surface area contributed by atoms with Crippen LogP contribution in [0, 0.1) is 0 Å². The molecule has 2 amide bonds. The van der Waals surface area contributed by atoms with Gasteiger partial charge in [0.15, 0.2) is 15.4 Å². The van der Waals surface area contributed by atoms with Gasteiger partial charge in [-0.25, -0.2) is 18.0 Å². The zero-order chi connectivity index (χ0) is 28.6. The van der Waals surface area contributed by atoms with E-state index in [0.29, 0.717) is 13.1 Å². The molecule has 210 valence electrons. The van der Waals surface area contributed by atoms with Gasteiger partial charge in [-0.3, -0.25) is 9.59 Å². The summed E-state index contributed by atoms with van der Waals surface area (Å²) < 4.78 is 24.3. The highest BCUT2D eigenvalue weighted by Gasteiger charge is 2.40. The number of carboxylic acids is 3. The summed E-state index contributed by atoms with van der Waals surface area (Å²) in [5.74, 6) is -5.12. The van der Waals surface area contributed by atoms with Gasteiger partial charge in [-0.05, 0) is 32.1 Å². The van der Waals surface area contributed by atoms with E-state index in [1.165, 1.54) is 0 Å². The summed E-state index contributed by atoms with van der Waals surface area (Å²) in [7, 11) is -3.36. The van der Waals surface area contributed by atoms with Crippen LogP contribution in [0.15, 0.2) is 35.2 Å². The summed E-state index contributed by atoms with van der Waals surface area (Å²) >= 11 is 0. The highest BCUT2D eigenvalue weighted by Crippen LogP contribution is 2.15. The van der Waals surface area contributed by atoms with Crippen molar-refractivity contribution in [1.82, 2.24) is 15.1 Å². The number of aliphatic carboxylic acids is 3. The zero-order valence-electron chi connectivity index (χ0n) is 21.3. The third-order valence-electron chi connectivity index (χ3n) is 5.28. The Labute approximate surface area is 216 Å². The normalized spacial score (nSPS) is 11.3. The molecule has 0 radical (unpaired) electrons. The fourth-order valence-electron chi connectivity index (χ4n) is 3.07. The van der Waals surface area contributed by atoms with Crippen LogP contribution in [0.1, 0.15) is 33.6 Å². The lowest BCUT2D eigenvalue weighted by Crippen LogP contribution is -2.45. The van der Waals surface area contributed by atoms with E-state index < -0.39 is 46.2 Å². The van der Waals surface area contributed by atoms with Crippen molar-refractivity contribution in [2.45, 2.75) is 44.1 Å². The molecule has 0 aliphatic rings. The first kappa shape index (κ1) is 33.8. The first-order valence-corrected chi connectivity index (χ1v) is 13.3. The maximum atomic E-state index is 12.2. The van der Waals surface area contributed by atoms with E-state index in [9.17, 15) is 27.6 Å². The van der Waals surface area contributed by atoms with Crippen LogP contribution in [0.3, 0.4) is 0 Å². The van der Waals surface area contributed by atoms with Crippen LogP contribution in [0.4, 0.5) is 4.79 Å². The quantitative estimate of drug-likeness (QED) is 0.206. The lowest BCUT2D eigenvalue weighted by Gasteiger charge is -2.25. The molecule has 5 N–H and O–H groups in total. The zero-order valence-corrected chi connectivity index (χ0v) is 22.1. The second-order valence-corrected chi connectivity index (χ2v) is 10.1. The largest absolute Gasteiger partial charge is 0.481 e. The minimum Gasteiger partial charge on any atom is -0.481 e. The van der Waals surface area contributed by atoms with Crippen LogP contribution < -0.4 is 5.32 Å². The number of carbonyl (C=O) groups excluding carboxylic acids is 1. The number of benzene rings is 1. The molecular weight excluding hydrogens is 510 g/mol. The third kappa shape index (κ3) is 13.0. The van der Waals surface area contributed by atoms with Gasteiger partial charge in [-0.2, -0.15) is 0 Å². The summed E-state index contributed by atoms with van der Waals surface area (Å²) in [4.78, 5) is 46.9. The molecule has 0 aromatic heterocycles. The number of urea groups is 1. The molecule has 0 fully saturated rings. The number of amides is 2. The summed E-state index contributed by atoms with van der Waals surface area (Å²) in [5.41, 5.74) is -2.74. The molecule has 0 aliphatic carbocycles. The third-order valence-corrected chi connectivity index (χ3v) is 7.02. The van der Waals surface area contributed by atoms with Crippen molar-refractivity contribution in [3.8, 4) is 0 Å². The van der Waals surface area contributed by atoms with E-state index in [4.69, 9.17) is 20.4 Å². The molecule has 1 aromatic carbocycles. The molecule has 37 heavy (non-hydrogen) atoms. The Bertz CT molecular complexity index is 966. The SMILES string of the molecule is CCN(CC)CCN(CC)C(=O)NCCS(=O)(=O)c1ccccc1.O=C(O)CC(O)(CC(=O)O)C(=O)O. The number of hydrogen-bond donors (Lipinski definition) is 5. The molecule has 1 rings (SSSR count). The second-order valence-electron chi connectivity index (χ2n) is 7.95. The number of hydrogen-bond acceptors (Lipinski definition) is 8. The van der Waals surface area contributed by atoms with Crippen LogP contribution >= 0.6 is 0 Å². The lowest BCUT2D eigenvalue weighted by molar-refractivity contribution is -0.170. The van der Waals surface area contributed by atoms with Gasteiger partial charge in [-0.15, -0.1) is 0 Å². The van der Waals surface area contributed by atoms with E-state index in [0.717, 1.165) is 19.6 Å². The number of carboxylic acid groups (broad SMARTS) is 3. The molecule has 0 saturated heterocycles. The second kappa shape index (κ2) is 16.5. The topological polar surface area (TPSA) is 202 Å². The number of likely N-dealkylation sites (N-methyl/N-ethyl adjacent to an activating group) is 2. The molecule has 13 nitrogen and oxygen atoms in total. The Morgan fingerprint density at radius 3 is 1.78 bits per heavy atom. The van der Waals surface area contributed by atoms with Crippen LogP contribution in [0.25, 0.3) is 0 Å². The maximum absolute atomic E-state index is 12.2. The fourth-order valence-corrected chi connectivity index (χ4v) is 4.25. The molecule has 0 spiro atoms. The van der Waals surface area contributed by atoms with Crippen molar-refractivity contribution in [1.29, 1.82) is 0 Å². The smallest absolute Gasteiger partial charge is 0.336 e. The Kier molecular flexibility index (Phi) is 15.1. The van der Waals surface area contributed by atoms with Gasteiger partial charge in [0.25, 0.3) is 0 Å². The molecule has 0 heterocycles. The number of aliphatic hydroxyl groups is 1. The first-order valence-electron chi connectivity index (χ1n) is 11.6. The molecule has 0 bridgehead atoms. The number of nitrogens with zero attached hydrogens (tertiary/aromatic N) is 2. The predicted octanol–water partition coefficient (Wildman–Crippen LogP) is 0.585. The van der Waals surface area contributed by atoms with Crippen LogP contribution in [0.2, 0.25) is 0 Å². The van der Waals surface area contributed by atoms with Crippen molar-refractivity contribution in [2.75, 3.05) is 45.0 Å². The lowest BCUT2D eigenvalue weighted by atomic mass is 9.96. The van der Waals surface area contributed by atoms with Crippen molar-refractivity contribution in [3.63, 3.8) is 0 Å².